The fourth-order valence-corrected chi connectivity index (χ4v) is 6.89. The zero-order valence-electron chi connectivity index (χ0n) is 37.1. The van der Waals surface area contributed by atoms with Crippen LogP contribution >= 0.6 is 23.5 Å². The van der Waals surface area contributed by atoms with Crippen LogP contribution in [-0.2, 0) is 42.9 Å². The van der Waals surface area contributed by atoms with Crippen LogP contribution in [0.2, 0.25) is 0 Å². The van der Waals surface area contributed by atoms with Gasteiger partial charge in [-0.05, 0) is 36.2 Å². The summed E-state index contributed by atoms with van der Waals surface area (Å²) in [5.41, 5.74) is 0. The standard InChI is InChI=1S/C43H82N4O10S2/c1-36(2)58-34-40(49)44-23-19-20-38(47-41(50)35-59-37(3)4)43(53)46-25-27-55-29-31-57-33-32-56-30-28-54-26-24-45-39(48)21-17-15-13-11-9-7-5-6-8-10-12-14-16-18-22-42(51)52/h36-38H,5-35H2,1-4H3,(H,44,49)(H,45,48)(H,46,53)(H,47,50)(H,51,52)/t38-/m0/s1. The van der Waals surface area contributed by atoms with Crippen LogP contribution in [-0.4, -0.2) is 135 Å². The van der Waals surface area contributed by atoms with Crippen LogP contribution in [0.15, 0.2) is 0 Å². The molecule has 0 aromatic carbocycles. The Morgan fingerprint density at radius 3 is 1.31 bits per heavy atom. The zero-order chi connectivity index (χ0) is 43.6. The number of amides is 4. The lowest BCUT2D eigenvalue weighted by atomic mass is 10.0. The molecule has 0 rings (SSSR count). The first-order valence-corrected chi connectivity index (χ1v) is 24.5. The molecule has 0 aromatic heterocycles. The van der Waals surface area contributed by atoms with Crippen molar-refractivity contribution in [2.45, 2.75) is 160 Å². The summed E-state index contributed by atoms with van der Waals surface area (Å²) in [6.07, 6.45) is 18.1. The molecular weight excluding hydrogens is 797 g/mol. The van der Waals surface area contributed by atoms with Crippen molar-refractivity contribution in [3.05, 3.63) is 0 Å². The van der Waals surface area contributed by atoms with E-state index in [1.165, 1.54) is 69.5 Å². The van der Waals surface area contributed by atoms with E-state index in [4.69, 9.17) is 24.1 Å². The van der Waals surface area contributed by atoms with Gasteiger partial charge in [0.2, 0.25) is 23.6 Å². The lowest BCUT2D eigenvalue weighted by Crippen LogP contribution is -2.48. The Morgan fingerprint density at radius 2 is 0.847 bits per heavy atom. The predicted octanol–water partition coefficient (Wildman–Crippen LogP) is 6.28. The van der Waals surface area contributed by atoms with E-state index < -0.39 is 12.0 Å². The maximum atomic E-state index is 12.9. The van der Waals surface area contributed by atoms with E-state index in [2.05, 4.69) is 21.3 Å². The molecule has 59 heavy (non-hydrogen) atoms. The van der Waals surface area contributed by atoms with Crippen molar-refractivity contribution in [3.63, 3.8) is 0 Å². The number of thioether (sulfide) groups is 2. The van der Waals surface area contributed by atoms with E-state index in [1.54, 1.807) is 11.8 Å². The number of carboxylic acid groups (broad SMARTS) is 1. The Morgan fingerprint density at radius 1 is 0.458 bits per heavy atom. The molecule has 0 spiro atoms. The Hall–Kier alpha value is -2.11. The second-order valence-electron chi connectivity index (χ2n) is 15.3. The van der Waals surface area contributed by atoms with Gasteiger partial charge in [-0.2, -0.15) is 0 Å². The van der Waals surface area contributed by atoms with Crippen molar-refractivity contribution in [1.29, 1.82) is 0 Å². The normalized spacial score (nSPS) is 11.8. The number of aliphatic carboxylic acids is 1. The van der Waals surface area contributed by atoms with Gasteiger partial charge in [-0.25, -0.2) is 0 Å². The van der Waals surface area contributed by atoms with Crippen LogP contribution in [0.25, 0.3) is 0 Å². The summed E-state index contributed by atoms with van der Waals surface area (Å²) in [5, 5.41) is 20.8. The van der Waals surface area contributed by atoms with Crippen LogP contribution in [0, 0.1) is 0 Å². The van der Waals surface area contributed by atoms with Crippen LogP contribution in [0.1, 0.15) is 143 Å². The highest BCUT2D eigenvalue weighted by Gasteiger charge is 2.20. The number of rotatable bonds is 44. The SMILES string of the molecule is CC(C)SCC(=O)NCCC[C@H](NC(=O)CSC(C)C)C(=O)NCCOCCOCCOCCOCCNC(=O)CCCCCCCCCCCCCCCCC(=O)O. The third kappa shape index (κ3) is 43.8. The minimum absolute atomic E-state index is 0.0329. The van der Waals surface area contributed by atoms with Crippen LogP contribution in [0.3, 0.4) is 0 Å². The smallest absolute Gasteiger partial charge is 0.303 e. The molecule has 0 aromatic rings. The van der Waals surface area contributed by atoms with Crippen molar-refractivity contribution >= 4 is 53.1 Å². The molecule has 16 heteroatoms. The highest BCUT2D eigenvalue weighted by Crippen LogP contribution is 2.14. The number of unbranched alkanes of at least 4 members (excludes halogenated alkanes) is 13. The number of nitrogens with one attached hydrogen (secondary N) is 4. The number of hydrogen-bond acceptors (Lipinski definition) is 11. The molecule has 0 aliphatic carbocycles. The number of carbonyl (C=O) groups excluding carboxylic acids is 4. The molecule has 0 fully saturated rings. The van der Waals surface area contributed by atoms with Crippen molar-refractivity contribution in [3.8, 4) is 0 Å². The molecule has 0 radical (unpaired) electrons. The molecule has 0 aliphatic rings. The minimum atomic E-state index is -0.690. The van der Waals surface area contributed by atoms with E-state index in [1.807, 2.05) is 27.7 Å². The molecule has 0 saturated carbocycles. The lowest BCUT2D eigenvalue weighted by Gasteiger charge is -2.19. The first kappa shape index (κ1) is 56.9. The van der Waals surface area contributed by atoms with Crippen molar-refractivity contribution in [2.75, 3.05) is 84.0 Å². The molecule has 0 aliphatic heterocycles. The molecule has 4 amide bonds. The highest BCUT2D eigenvalue weighted by atomic mass is 32.2. The Bertz CT molecular complexity index is 1060. The first-order valence-electron chi connectivity index (χ1n) is 22.4. The molecule has 0 saturated heterocycles. The Kier molecular flexibility index (Phi) is 41.1. The third-order valence-corrected chi connectivity index (χ3v) is 11.2. The van der Waals surface area contributed by atoms with Crippen LogP contribution in [0.5, 0.6) is 0 Å². The van der Waals surface area contributed by atoms with Gasteiger partial charge in [0.15, 0.2) is 0 Å². The van der Waals surface area contributed by atoms with E-state index in [9.17, 15) is 24.0 Å². The van der Waals surface area contributed by atoms with Gasteiger partial charge in [0.25, 0.3) is 0 Å². The highest BCUT2D eigenvalue weighted by molar-refractivity contribution is 8.00. The summed E-state index contributed by atoms with van der Waals surface area (Å²) in [4.78, 5) is 59.8. The second-order valence-corrected chi connectivity index (χ2v) is 18.4. The van der Waals surface area contributed by atoms with E-state index in [0.29, 0.717) is 114 Å². The summed E-state index contributed by atoms with van der Waals surface area (Å²) in [6, 6.07) is -0.688. The minimum Gasteiger partial charge on any atom is -0.481 e. The monoisotopic (exact) mass is 879 g/mol. The molecular formula is C43H82N4O10S2. The van der Waals surface area contributed by atoms with Gasteiger partial charge in [-0.3, -0.25) is 24.0 Å². The molecule has 1 atom stereocenters. The molecule has 5 N–H and O–H groups in total. The number of ether oxygens (including phenoxy) is 4. The van der Waals surface area contributed by atoms with E-state index in [0.717, 1.165) is 32.1 Å². The van der Waals surface area contributed by atoms with Gasteiger partial charge >= 0.3 is 5.97 Å². The number of hydrogen-bond donors (Lipinski definition) is 5. The molecule has 0 bridgehead atoms. The summed E-state index contributed by atoms with van der Waals surface area (Å²) < 4.78 is 22.2. The molecule has 346 valence electrons. The fraction of sp³-hybridized carbons (Fsp3) is 0.884. The topological polar surface area (TPSA) is 191 Å². The number of carboxylic acids is 1. The maximum absolute atomic E-state index is 12.9. The van der Waals surface area contributed by atoms with Gasteiger partial charge < -0.3 is 45.3 Å². The lowest BCUT2D eigenvalue weighted by molar-refractivity contribution is -0.137. The van der Waals surface area contributed by atoms with Gasteiger partial charge in [0.05, 0.1) is 64.4 Å². The van der Waals surface area contributed by atoms with Gasteiger partial charge in [0, 0.05) is 32.5 Å². The predicted molar refractivity (Wildman–Crippen MR) is 240 cm³/mol. The molecule has 0 heterocycles. The third-order valence-electron chi connectivity index (χ3n) is 9.01. The van der Waals surface area contributed by atoms with Crippen LogP contribution < -0.4 is 21.3 Å². The maximum Gasteiger partial charge on any atom is 0.303 e. The summed E-state index contributed by atoms with van der Waals surface area (Å²) >= 11 is 3.09. The van der Waals surface area contributed by atoms with Gasteiger partial charge in [0.1, 0.15) is 6.04 Å². The van der Waals surface area contributed by atoms with Crippen molar-refractivity contribution in [2.24, 2.45) is 0 Å². The average Bonchev–Trinajstić information content (AvgIpc) is 3.19. The van der Waals surface area contributed by atoms with Gasteiger partial charge in [-0.1, -0.05) is 105 Å². The first-order chi connectivity index (χ1) is 28.5. The summed E-state index contributed by atoms with van der Waals surface area (Å²) in [7, 11) is 0. The Balaban J connectivity index is 3.67. The van der Waals surface area contributed by atoms with Crippen molar-refractivity contribution in [1.82, 2.24) is 21.3 Å². The zero-order valence-corrected chi connectivity index (χ0v) is 38.7. The quantitative estimate of drug-likeness (QED) is 0.0432. The Labute approximate surface area is 365 Å². The van der Waals surface area contributed by atoms with Crippen LogP contribution in [0.4, 0.5) is 0 Å². The number of carbonyl (C=O) groups is 5. The van der Waals surface area contributed by atoms with Gasteiger partial charge in [-0.15, -0.1) is 23.5 Å². The molecule has 14 nitrogen and oxygen atoms in total. The van der Waals surface area contributed by atoms with E-state index >= 15 is 0 Å². The fourth-order valence-electron chi connectivity index (χ4n) is 5.74. The largest absolute Gasteiger partial charge is 0.481 e. The van der Waals surface area contributed by atoms with E-state index in [-0.39, 0.29) is 29.4 Å². The summed E-state index contributed by atoms with van der Waals surface area (Å²) in [6.45, 7) is 12.6. The summed E-state index contributed by atoms with van der Waals surface area (Å²) in [5.74, 6) is -0.434. The van der Waals surface area contributed by atoms with Crippen molar-refractivity contribution < 1.29 is 48.0 Å². The average molecular weight is 879 g/mol. The second kappa shape index (κ2) is 42.6. The molecule has 0 unspecified atom stereocenters.